The third kappa shape index (κ3) is 3.57. The molecule has 1 aromatic rings. The average Bonchev–Trinajstić information content (AvgIpc) is 2.64. The first-order chi connectivity index (χ1) is 6.70. The van der Waals surface area contributed by atoms with E-state index < -0.39 is 5.97 Å². The largest absolute Gasteiger partial charge is 0.481 e. The smallest absolute Gasteiger partial charge is 0.303 e. The van der Waals surface area contributed by atoms with Crippen molar-refractivity contribution >= 4 is 23.2 Å². The van der Waals surface area contributed by atoms with Gasteiger partial charge in [0.2, 0.25) is 0 Å². The highest BCUT2D eigenvalue weighted by Crippen LogP contribution is 2.07. The molecule has 0 bridgehead atoms. The summed E-state index contributed by atoms with van der Waals surface area (Å²) in [4.78, 5) is 22.1. The standard InChI is InChI=1S/C9H11NO3S/c11-8(12)4-1-5-10-9(13)7-3-2-6-14-7/h2-3,6H,1,4-5H2,(H,10,13)(H,11,12). The number of thiophene rings is 1. The molecule has 0 radical (unpaired) electrons. The molecule has 1 heterocycles. The number of hydrogen-bond donors (Lipinski definition) is 2. The summed E-state index contributed by atoms with van der Waals surface area (Å²) in [5, 5.41) is 12.8. The van der Waals surface area contributed by atoms with Crippen molar-refractivity contribution in [1.82, 2.24) is 5.32 Å². The quantitative estimate of drug-likeness (QED) is 0.725. The van der Waals surface area contributed by atoms with Crippen molar-refractivity contribution in [2.75, 3.05) is 6.54 Å². The zero-order valence-electron chi connectivity index (χ0n) is 7.53. The molecule has 76 valence electrons. The Bertz CT molecular complexity index is 308. The summed E-state index contributed by atoms with van der Waals surface area (Å²) in [5.74, 6) is -0.972. The van der Waals surface area contributed by atoms with Crippen molar-refractivity contribution in [2.24, 2.45) is 0 Å². The summed E-state index contributed by atoms with van der Waals surface area (Å²) in [6.45, 7) is 0.406. The van der Waals surface area contributed by atoms with Crippen LogP contribution in [0.5, 0.6) is 0 Å². The maximum Gasteiger partial charge on any atom is 0.303 e. The predicted octanol–water partition coefficient (Wildman–Crippen LogP) is 1.34. The SMILES string of the molecule is O=C(O)CCCNC(=O)c1cccs1. The Labute approximate surface area is 85.6 Å². The van der Waals surface area contributed by atoms with Crippen LogP contribution in [0.2, 0.25) is 0 Å². The second kappa shape index (κ2) is 5.39. The molecule has 1 amide bonds. The zero-order chi connectivity index (χ0) is 10.4. The Morgan fingerprint density at radius 1 is 1.50 bits per heavy atom. The molecule has 0 atom stereocenters. The van der Waals surface area contributed by atoms with E-state index in [0.717, 1.165) is 0 Å². The third-order valence-electron chi connectivity index (χ3n) is 1.60. The molecular formula is C9H11NO3S. The summed E-state index contributed by atoms with van der Waals surface area (Å²) in [6, 6.07) is 3.54. The molecule has 1 rings (SSSR count). The van der Waals surface area contributed by atoms with Gasteiger partial charge < -0.3 is 10.4 Å². The lowest BCUT2D eigenvalue weighted by Crippen LogP contribution is -2.23. The van der Waals surface area contributed by atoms with Gasteiger partial charge in [-0.05, 0) is 17.9 Å². The second-order valence-electron chi connectivity index (χ2n) is 2.73. The van der Waals surface area contributed by atoms with Crippen molar-refractivity contribution in [3.05, 3.63) is 22.4 Å². The van der Waals surface area contributed by atoms with Crippen LogP contribution in [0.25, 0.3) is 0 Å². The van der Waals surface area contributed by atoms with E-state index in [-0.39, 0.29) is 12.3 Å². The number of aliphatic carboxylic acids is 1. The van der Waals surface area contributed by atoms with Gasteiger partial charge in [-0.3, -0.25) is 9.59 Å². The molecule has 0 aliphatic heterocycles. The monoisotopic (exact) mass is 213 g/mol. The number of rotatable bonds is 5. The minimum atomic E-state index is -0.838. The molecule has 0 aliphatic carbocycles. The van der Waals surface area contributed by atoms with Crippen molar-refractivity contribution in [1.29, 1.82) is 0 Å². The Kier molecular flexibility index (Phi) is 4.12. The van der Waals surface area contributed by atoms with E-state index >= 15 is 0 Å². The summed E-state index contributed by atoms with van der Waals surface area (Å²) in [5.41, 5.74) is 0. The molecular weight excluding hydrogens is 202 g/mol. The van der Waals surface area contributed by atoms with Crippen molar-refractivity contribution in [3.8, 4) is 0 Å². The molecule has 0 aromatic carbocycles. The third-order valence-corrected chi connectivity index (χ3v) is 2.47. The van der Waals surface area contributed by atoms with Gasteiger partial charge in [0.25, 0.3) is 5.91 Å². The van der Waals surface area contributed by atoms with E-state index in [1.54, 1.807) is 12.1 Å². The van der Waals surface area contributed by atoms with E-state index in [1.165, 1.54) is 11.3 Å². The summed E-state index contributed by atoms with van der Waals surface area (Å²) in [7, 11) is 0. The van der Waals surface area contributed by atoms with Gasteiger partial charge in [-0.1, -0.05) is 6.07 Å². The fourth-order valence-corrected chi connectivity index (χ4v) is 1.58. The maximum atomic E-state index is 11.3. The highest BCUT2D eigenvalue weighted by Gasteiger charge is 2.05. The molecule has 0 spiro atoms. The van der Waals surface area contributed by atoms with Crippen LogP contribution in [-0.4, -0.2) is 23.5 Å². The number of hydrogen-bond acceptors (Lipinski definition) is 3. The Morgan fingerprint density at radius 3 is 2.86 bits per heavy atom. The molecule has 14 heavy (non-hydrogen) atoms. The van der Waals surface area contributed by atoms with E-state index in [1.807, 2.05) is 5.38 Å². The van der Waals surface area contributed by atoms with E-state index in [0.29, 0.717) is 17.8 Å². The van der Waals surface area contributed by atoms with Crippen LogP contribution in [0.1, 0.15) is 22.5 Å². The fourth-order valence-electron chi connectivity index (χ4n) is 0.936. The number of nitrogens with one attached hydrogen (secondary N) is 1. The number of carbonyl (C=O) groups excluding carboxylic acids is 1. The number of carboxylic acids is 1. The van der Waals surface area contributed by atoms with Gasteiger partial charge in [0.05, 0.1) is 4.88 Å². The lowest BCUT2D eigenvalue weighted by molar-refractivity contribution is -0.137. The van der Waals surface area contributed by atoms with Gasteiger partial charge in [0.15, 0.2) is 0 Å². The van der Waals surface area contributed by atoms with E-state index in [2.05, 4.69) is 5.32 Å². The van der Waals surface area contributed by atoms with Gasteiger partial charge in [-0.25, -0.2) is 0 Å². The number of carboxylic acid groups (broad SMARTS) is 1. The van der Waals surface area contributed by atoms with Crippen LogP contribution in [0, 0.1) is 0 Å². The summed E-state index contributed by atoms with van der Waals surface area (Å²) < 4.78 is 0. The maximum absolute atomic E-state index is 11.3. The second-order valence-corrected chi connectivity index (χ2v) is 3.68. The van der Waals surface area contributed by atoms with Crippen molar-refractivity contribution in [3.63, 3.8) is 0 Å². The van der Waals surface area contributed by atoms with E-state index in [9.17, 15) is 9.59 Å². The minimum absolute atomic E-state index is 0.0880. The molecule has 4 nitrogen and oxygen atoms in total. The van der Waals surface area contributed by atoms with Crippen LogP contribution in [0.3, 0.4) is 0 Å². The van der Waals surface area contributed by atoms with Crippen LogP contribution in [-0.2, 0) is 4.79 Å². The zero-order valence-corrected chi connectivity index (χ0v) is 8.34. The molecule has 2 N–H and O–H groups in total. The lowest BCUT2D eigenvalue weighted by atomic mass is 10.3. The molecule has 1 aromatic heterocycles. The van der Waals surface area contributed by atoms with Crippen molar-refractivity contribution < 1.29 is 14.7 Å². The van der Waals surface area contributed by atoms with Crippen molar-refractivity contribution in [2.45, 2.75) is 12.8 Å². The van der Waals surface area contributed by atoms with Crippen LogP contribution < -0.4 is 5.32 Å². The number of carbonyl (C=O) groups is 2. The molecule has 0 aliphatic rings. The normalized spacial score (nSPS) is 9.71. The average molecular weight is 213 g/mol. The molecule has 0 fully saturated rings. The van der Waals surface area contributed by atoms with E-state index in [4.69, 9.17) is 5.11 Å². The highest BCUT2D eigenvalue weighted by atomic mass is 32.1. The number of amides is 1. The minimum Gasteiger partial charge on any atom is -0.481 e. The predicted molar refractivity (Wildman–Crippen MR) is 53.5 cm³/mol. The fraction of sp³-hybridized carbons (Fsp3) is 0.333. The Morgan fingerprint density at radius 2 is 2.29 bits per heavy atom. The highest BCUT2D eigenvalue weighted by molar-refractivity contribution is 7.12. The summed E-state index contributed by atoms with van der Waals surface area (Å²) in [6.07, 6.45) is 0.553. The summed E-state index contributed by atoms with van der Waals surface area (Å²) >= 11 is 1.37. The Balaban J connectivity index is 2.19. The molecule has 5 heteroatoms. The first-order valence-electron chi connectivity index (χ1n) is 4.23. The van der Waals surface area contributed by atoms with Crippen LogP contribution >= 0.6 is 11.3 Å². The van der Waals surface area contributed by atoms with Gasteiger partial charge >= 0.3 is 5.97 Å². The van der Waals surface area contributed by atoms with Gasteiger partial charge in [-0.15, -0.1) is 11.3 Å². The van der Waals surface area contributed by atoms with Gasteiger partial charge in [0.1, 0.15) is 0 Å². The first-order valence-corrected chi connectivity index (χ1v) is 5.11. The topological polar surface area (TPSA) is 66.4 Å². The van der Waals surface area contributed by atoms with Crippen LogP contribution in [0.4, 0.5) is 0 Å². The Hall–Kier alpha value is -1.36. The molecule has 0 saturated carbocycles. The van der Waals surface area contributed by atoms with Gasteiger partial charge in [0, 0.05) is 13.0 Å². The van der Waals surface area contributed by atoms with Gasteiger partial charge in [-0.2, -0.15) is 0 Å². The molecule has 0 unspecified atom stereocenters. The first kappa shape index (κ1) is 10.7. The molecule has 0 saturated heterocycles. The van der Waals surface area contributed by atoms with Crippen LogP contribution in [0.15, 0.2) is 17.5 Å². The lowest BCUT2D eigenvalue weighted by Gasteiger charge is -2.00.